The Labute approximate surface area is 190 Å². The molecule has 10 heteroatoms. The number of halogens is 1. The van der Waals surface area contributed by atoms with Gasteiger partial charge in [-0.1, -0.05) is 34.8 Å². The fourth-order valence-corrected chi connectivity index (χ4v) is 4.48. The van der Waals surface area contributed by atoms with Gasteiger partial charge in [0, 0.05) is 31.0 Å². The minimum absolute atomic E-state index is 0.117. The van der Waals surface area contributed by atoms with Gasteiger partial charge in [0.25, 0.3) is 5.91 Å². The van der Waals surface area contributed by atoms with Gasteiger partial charge in [-0.2, -0.15) is 0 Å². The van der Waals surface area contributed by atoms with E-state index in [-0.39, 0.29) is 12.5 Å². The molecule has 32 heavy (non-hydrogen) atoms. The number of urea groups is 1. The summed E-state index contributed by atoms with van der Waals surface area (Å²) >= 11 is 6.28. The number of amidine groups is 1. The summed E-state index contributed by atoms with van der Waals surface area (Å²) < 4.78 is 5.99. The van der Waals surface area contributed by atoms with Gasteiger partial charge in [-0.3, -0.25) is 14.6 Å². The van der Waals surface area contributed by atoms with Crippen molar-refractivity contribution < 1.29 is 14.2 Å². The van der Waals surface area contributed by atoms with Crippen molar-refractivity contribution in [1.29, 1.82) is 0 Å². The molecule has 1 saturated heterocycles. The summed E-state index contributed by atoms with van der Waals surface area (Å²) in [5, 5.41) is 0.523. The van der Waals surface area contributed by atoms with Gasteiger partial charge in [0.2, 0.25) is 11.9 Å². The number of hydrogen-bond donors (Lipinski definition) is 0. The number of fused-ring (bicyclic) bond motifs is 3. The molecular formula is C22H23ClN7O2+. The van der Waals surface area contributed by atoms with E-state index in [2.05, 4.69) is 9.55 Å². The second-order valence-corrected chi connectivity index (χ2v) is 8.42. The molecule has 4 heterocycles. The van der Waals surface area contributed by atoms with Crippen LogP contribution in [0.4, 0.5) is 10.7 Å². The van der Waals surface area contributed by atoms with Crippen molar-refractivity contribution in [2.45, 2.75) is 39.0 Å². The predicted octanol–water partition coefficient (Wildman–Crippen LogP) is 2.70. The molecule has 164 valence electrons. The number of imide groups is 1. The first-order valence-electron chi connectivity index (χ1n) is 10.4. The van der Waals surface area contributed by atoms with E-state index < -0.39 is 12.1 Å². The smallest absolute Gasteiger partial charge is 0.337 e. The molecule has 0 radical (unpaired) electrons. The number of carbonyl (C=O) groups is 2. The lowest BCUT2D eigenvalue weighted by molar-refractivity contribution is -0.677. The summed E-state index contributed by atoms with van der Waals surface area (Å²) in [7, 11) is 1.66. The highest BCUT2D eigenvalue weighted by atomic mass is 35.5. The van der Waals surface area contributed by atoms with E-state index in [0.717, 1.165) is 30.8 Å². The highest BCUT2D eigenvalue weighted by molar-refractivity contribution is 6.31. The van der Waals surface area contributed by atoms with Crippen LogP contribution >= 0.6 is 11.6 Å². The average molecular weight is 453 g/mol. The molecule has 1 fully saturated rings. The highest BCUT2D eigenvalue weighted by Gasteiger charge is 2.53. The van der Waals surface area contributed by atoms with Crippen molar-refractivity contribution in [3.63, 3.8) is 0 Å². The predicted molar refractivity (Wildman–Crippen MR) is 118 cm³/mol. The molecule has 9 nitrogen and oxygen atoms in total. The molecule has 1 unspecified atom stereocenters. The second-order valence-electron chi connectivity index (χ2n) is 8.01. The number of imidazole rings is 2. The Hall–Kier alpha value is -3.46. The Morgan fingerprint density at radius 2 is 2.00 bits per heavy atom. The van der Waals surface area contributed by atoms with Crippen LogP contribution in [0.5, 0.6) is 0 Å². The number of likely N-dealkylation sites (N-methyl/N-ethyl adjacent to an activating group) is 1. The largest absolute Gasteiger partial charge is 0.401 e. The van der Waals surface area contributed by atoms with E-state index in [1.54, 1.807) is 25.6 Å². The van der Waals surface area contributed by atoms with Crippen molar-refractivity contribution in [2.24, 2.45) is 4.99 Å². The number of aromatic nitrogens is 4. The van der Waals surface area contributed by atoms with Crippen molar-refractivity contribution in [1.82, 2.24) is 23.9 Å². The third-order valence-corrected chi connectivity index (χ3v) is 6.34. The van der Waals surface area contributed by atoms with Gasteiger partial charge in [0.05, 0.1) is 19.4 Å². The van der Waals surface area contributed by atoms with Gasteiger partial charge in [-0.15, -0.1) is 0 Å². The average Bonchev–Trinajstić information content (AvgIpc) is 3.48. The molecule has 5 rings (SSSR count). The third-order valence-electron chi connectivity index (χ3n) is 5.97. The van der Waals surface area contributed by atoms with E-state index in [1.165, 1.54) is 9.80 Å². The van der Waals surface area contributed by atoms with Gasteiger partial charge in [-0.05, 0) is 25.0 Å². The number of aliphatic imine (C=N–C) groups is 1. The molecule has 3 aromatic rings. The fraction of sp³-hybridized carbons (Fsp3) is 0.318. The van der Waals surface area contributed by atoms with Crippen LogP contribution in [-0.4, -0.2) is 48.7 Å². The maximum Gasteiger partial charge on any atom is 0.401 e. The first kappa shape index (κ1) is 20.4. The molecule has 1 aromatic carbocycles. The quantitative estimate of drug-likeness (QED) is 0.539. The lowest BCUT2D eigenvalue weighted by atomic mass is 10.1. The summed E-state index contributed by atoms with van der Waals surface area (Å²) in [6, 6.07) is 6.16. The molecule has 3 amide bonds. The minimum Gasteiger partial charge on any atom is -0.337 e. The van der Waals surface area contributed by atoms with Crippen LogP contribution in [-0.2, 0) is 24.4 Å². The number of nitrogens with zero attached hydrogens (tertiary/aromatic N) is 7. The maximum atomic E-state index is 13.4. The summed E-state index contributed by atoms with van der Waals surface area (Å²) in [5.41, 5.74) is 1.74. The first-order chi connectivity index (χ1) is 15.5. The molecule has 2 aliphatic heterocycles. The zero-order chi connectivity index (χ0) is 22.4. The first-order valence-corrected chi connectivity index (χ1v) is 10.8. The van der Waals surface area contributed by atoms with Crippen LogP contribution in [0.1, 0.15) is 23.7 Å². The van der Waals surface area contributed by atoms with Crippen LogP contribution < -0.4 is 4.57 Å². The van der Waals surface area contributed by atoms with Crippen LogP contribution in [0.2, 0.25) is 5.02 Å². The normalized spacial score (nSPS) is 17.6. The molecule has 0 saturated carbocycles. The summed E-state index contributed by atoms with van der Waals surface area (Å²) in [6.07, 6.45) is 8.31. The minimum atomic E-state index is -0.663. The molecule has 0 bridgehead atoms. The van der Waals surface area contributed by atoms with Crippen LogP contribution in [0.25, 0.3) is 0 Å². The van der Waals surface area contributed by atoms with Gasteiger partial charge < -0.3 is 4.57 Å². The van der Waals surface area contributed by atoms with Crippen molar-refractivity contribution >= 4 is 35.3 Å². The number of hydrogen-bond acceptors (Lipinski definition) is 4. The SMILES string of the molecule is Cc1c[n+]2c(n1CCCn1ccnc1)N=C1C2C(=O)N(Cc2ccccc2Cl)C(=O)N1C. The third kappa shape index (κ3) is 3.29. The Balaban J connectivity index is 1.42. The van der Waals surface area contributed by atoms with E-state index in [9.17, 15) is 9.59 Å². The lowest BCUT2D eigenvalue weighted by Crippen LogP contribution is -2.62. The second kappa shape index (κ2) is 7.90. The van der Waals surface area contributed by atoms with Gasteiger partial charge in [0.1, 0.15) is 11.9 Å². The zero-order valence-electron chi connectivity index (χ0n) is 17.8. The molecule has 2 aliphatic rings. The van der Waals surface area contributed by atoms with Crippen molar-refractivity contribution in [3.8, 4) is 0 Å². The highest BCUT2D eigenvalue weighted by Crippen LogP contribution is 2.30. The summed E-state index contributed by atoms with van der Waals surface area (Å²) in [5.74, 6) is 0.834. The molecule has 0 aliphatic carbocycles. The van der Waals surface area contributed by atoms with E-state index in [4.69, 9.17) is 16.6 Å². The molecular weight excluding hydrogens is 430 g/mol. The summed E-state index contributed by atoms with van der Waals surface area (Å²) in [4.78, 5) is 37.9. The van der Waals surface area contributed by atoms with Crippen molar-refractivity contribution in [3.05, 3.63) is 65.5 Å². The van der Waals surface area contributed by atoms with E-state index >= 15 is 0 Å². The Bertz CT molecular complexity index is 1230. The fourth-order valence-electron chi connectivity index (χ4n) is 4.28. The summed E-state index contributed by atoms with van der Waals surface area (Å²) in [6.45, 7) is 3.69. The molecule has 0 spiro atoms. The standard InChI is InChI=1S/C22H23ClN7O2/c1-15-12-29-18-19(25-21(29)28(15)10-5-9-27-11-8-24-14-27)26(2)22(32)30(20(18)31)13-16-6-3-4-7-17(16)23/h3-4,6-8,11-12,14,18H,5,9-10,13H2,1-2H3/q+1. The Morgan fingerprint density at radius 3 is 2.75 bits per heavy atom. The van der Waals surface area contributed by atoms with E-state index in [0.29, 0.717) is 16.8 Å². The molecule has 1 atom stereocenters. The van der Waals surface area contributed by atoms with E-state index in [1.807, 2.05) is 46.7 Å². The van der Waals surface area contributed by atoms with Gasteiger partial charge >= 0.3 is 12.0 Å². The number of rotatable bonds is 6. The number of benzene rings is 1. The van der Waals surface area contributed by atoms with Crippen LogP contribution in [0, 0.1) is 6.92 Å². The zero-order valence-corrected chi connectivity index (χ0v) is 18.6. The van der Waals surface area contributed by atoms with Crippen LogP contribution in [0.15, 0.2) is 54.2 Å². The van der Waals surface area contributed by atoms with Crippen LogP contribution in [0.3, 0.4) is 0 Å². The molecule has 2 aromatic heterocycles. The van der Waals surface area contributed by atoms with Gasteiger partial charge in [-0.25, -0.2) is 18.9 Å². The lowest BCUT2D eigenvalue weighted by Gasteiger charge is -2.33. The Morgan fingerprint density at radius 1 is 1.19 bits per heavy atom. The van der Waals surface area contributed by atoms with Crippen molar-refractivity contribution in [2.75, 3.05) is 7.05 Å². The monoisotopic (exact) mass is 452 g/mol. The maximum absolute atomic E-state index is 13.4. The Kier molecular flexibility index (Phi) is 5.05. The molecule has 0 N–H and O–H groups in total. The van der Waals surface area contributed by atoms with Gasteiger partial charge in [0.15, 0.2) is 0 Å². The topological polar surface area (TPSA) is 79.6 Å². The number of aryl methyl sites for hydroxylation is 2. The number of carbonyl (C=O) groups excluding carboxylic acids is 2. The number of amides is 3.